The molecule has 0 radical (unpaired) electrons. The molecular weight excluding hydrogens is 358 g/mol. The second kappa shape index (κ2) is 5.36. The van der Waals surface area contributed by atoms with E-state index in [1.165, 1.54) is 0 Å². The van der Waals surface area contributed by atoms with Gasteiger partial charge in [-0.2, -0.15) is 0 Å². The molecule has 0 aliphatic rings. The maximum absolute atomic E-state index is 5.92. The molecule has 0 spiro atoms. The molecule has 0 fully saturated rings. The zero-order chi connectivity index (χ0) is 13.3. The van der Waals surface area contributed by atoms with E-state index in [0.717, 1.165) is 20.2 Å². The van der Waals surface area contributed by atoms with Gasteiger partial charge in [-0.25, -0.2) is 9.97 Å². The Hall–Kier alpha value is -0.940. The normalized spacial score (nSPS) is 10.9. The third-order valence-electron chi connectivity index (χ3n) is 2.53. The molecule has 1 aromatic carbocycles. The first-order valence-corrected chi connectivity index (χ1v) is 7.16. The van der Waals surface area contributed by atoms with Gasteiger partial charge in [0.05, 0.1) is 10.2 Å². The predicted molar refractivity (Wildman–Crippen MR) is 81.4 cm³/mol. The molecule has 1 heterocycles. The van der Waals surface area contributed by atoms with Gasteiger partial charge in [0, 0.05) is 10.0 Å². The Kier molecular flexibility index (Phi) is 4.02. The van der Waals surface area contributed by atoms with Crippen LogP contribution in [0.15, 0.2) is 33.2 Å². The van der Waals surface area contributed by atoms with Crippen molar-refractivity contribution in [3.63, 3.8) is 0 Å². The van der Waals surface area contributed by atoms with E-state index in [4.69, 9.17) is 5.73 Å². The quantitative estimate of drug-likeness (QED) is 0.853. The molecule has 5 heteroatoms. The molecular formula is C13H13Br2N3. The zero-order valence-electron chi connectivity index (χ0n) is 10.1. The van der Waals surface area contributed by atoms with Crippen LogP contribution in [0.2, 0.25) is 0 Å². The van der Waals surface area contributed by atoms with Crippen molar-refractivity contribution >= 4 is 37.7 Å². The van der Waals surface area contributed by atoms with Gasteiger partial charge in [0.2, 0.25) is 0 Å². The smallest absolute Gasteiger partial charge is 0.161 e. The standard InChI is InChI=1S/C13H13Br2N3/c1-7(2)11-10(15)12(16)18-13(17-11)8-4-3-5-9(14)6-8/h3-7H,1-2H3,(H2,16,17,18). The van der Waals surface area contributed by atoms with Gasteiger partial charge < -0.3 is 5.73 Å². The maximum atomic E-state index is 5.92. The average Bonchev–Trinajstić information content (AvgIpc) is 2.32. The van der Waals surface area contributed by atoms with Crippen LogP contribution in [0, 0.1) is 0 Å². The lowest BCUT2D eigenvalue weighted by atomic mass is 10.1. The van der Waals surface area contributed by atoms with Crippen molar-refractivity contribution in [2.45, 2.75) is 19.8 Å². The van der Waals surface area contributed by atoms with E-state index in [0.29, 0.717) is 11.6 Å². The molecule has 0 amide bonds. The number of anilines is 1. The Balaban J connectivity index is 2.59. The largest absolute Gasteiger partial charge is 0.383 e. The molecule has 2 N–H and O–H groups in total. The summed E-state index contributed by atoms with van der Waals surface area (Å²) in [6.45, 7) is 4.16. The van der Waals surface area contributed by atoms with E-state index in [1.807, 2.05) is 24.3 Å². The van der Waals surface area contributed by atoms with E-state index in [9.17, 15) is 0 Å². The minimum atomic E-state index is 0.288. The van der Waals surface area contributed by atoms with Crippen molar-refractivity contribution in [1.29, 1.82) is 0 Å². The molecule has 0 atom stereocenters. The van der Waals surface area contributed by atoms with Crippen molar-refractivity contribution in [2.75, 3.05) is 5.73 Å². The second-order valence-corrected chi connectivity index (χ2v) is 6.01. The van der Waals surface area contributed by atoms with Gasteiger partial charge in [0.15, 0.2) is 5.82 Å². The Labute approximate surface area is 123 Å². The van der Waals surface area contributed by atoms with E-state index in [-0.39, 0.29) is 5.92 Å². The minimum absolute atomic E-state index is 0.288. The second-order valence-electron chi connectivity index (χ2n) is 4.30. The first-order valence-electron chi connectivity index (χ1n) is 5.58. The van der Waals surface area contributed by atoms with Gasteiger partial charge in [0.25, 0.3) is 0 Å². The molecule has 2 rings (SSSR count). The number of aromatic nitrogens is 2. The predicted octanol–water partition coefficient (Wildman–Crippen LogP) is 4.37. The lowest BCUT2D eigenvalue weighted by molar-refractivity contribution is 0.811. The summed E-state index contributed by atoms with van der Waals surface area (Å²) in [6.07, 6.45) is 0. The third kappa shape index (κ3) is 2.72. The zero-order valence-corrected chi connectivity index (χ0v) is 13.3. The summed E-state index contributed by atoms with van der Waals surface area (Å²) in [4.78, 5) is 8.91. The maximum Gasteiger partial charge on any atom is 0.161 e. The summed E-state index contributed by atoms with van der Waals surface area (Å²) in [5, 5.41) is 0. The van der Waals surface area contributed by atoms with Gasteiger partial charge in [-0.1, -0.05) is 41.9 Å². The number of benzene rings is 1. The monoisotopic (exact) mass is 369 g/mol. The molecule has 3 nitrogen and oxygen atoms in total. The number of rotatable bonds is 2. The van der Waals surface area contributed by atoms with Crippen LogP contribution in [0.4, 0.5) is 5.82 Å². The van der Waals surface area contributed by atoms with Gasteiger partial charge in [-0.05, 0) is 34.0 Å². The molecule has 0 aliphatic carbocycles. The van der Waals surface area contributed by atoms with E-state index in [1.54, 1.807) is 0 Å². The third-order valence-corrected chi connectivity index (χ3v) is 3.84. The number of hydrogen-bond donors (Lipinski definition) is 1. The van der Waals surface area contributed by atoms with Crippen molar-refractivity contribution in [1.82, 2.24) is 9.97 Å². The number of nitrogen functional groups attached to an aromatic ring is 1. The fourth-order valence-electron chi connectivity index (χ4n) is 1.62. The Morgan fingerprint density at radius 1 is 1.17 bits per heavy atom. The fourth-order valence-corrected chi connectivity index (χ4v) is 2.66. The molecule has 0 unspecified atom stereocenters. The van der Waals surface area contributed by atoms with Crippen molar-refractivity contribution < 1.29 is 0 Å². The number of nitrogens with zero attached hydrogens (tertiary/aromatic N) is 2. The molecule has 2 aromatic rings. The Bertz CT molecular complexity index is 582. The van der Waals surface area contributed by atoms with Crippen LogP contribution in [0.1, 0.15) is 25.5 Å². The van der Waals surface area contributed by atoms with Crippen LogP contribution >= 0.6 is 31.9 Å². The minimum Gasteiger partial charge on any atom is -0.383 e. The Morgan fingerprint density at radius 3 is 2.50 bits per heavy atom. The number of hydrogen-bond acceptors (Lipinski definition) is 3. The van der Waals surface area contributed by atoms with Crippen molar-refractivity contribution in [3.8, 4) is 11.4 Å². The first kappa shape index (κ1) is 13.5. The molecule has 0 saturated carbocycles. The van der Waals surface area contributed by atoms with Crippen LogP contribution in [-0.2, 0) is 0 Å². The summed E-state index contributed by atoms with van der Waals surface area (Å²) in [5.41, 5.74) is 7.80. The highest BCUT2D eigenvalue weighted by atomic mass is 79.9. The summed E-state index contributed by atoms with van der Waals surface area (Å²) >= 11 is 6.89. The van der Waals surface area contributed by atoms with Gasteiger partial charge in [0.1, 0.15) is 5.82 Å². The summed E-state index contributed by atoms with van der Waals surface area (Å²) in [7, 11) is 0. The van der Waals surface area contributed by atoms with Crippen LogP contribution in [0.25, 0.3) is 11.4 Å². The summed E-state index contributed by atoms with van der Waals surface area (Å²) in [5.74, 6) is 1.42. The highest BCUT2D eigenvalue weighted by Crippen LogP contribution is 2.30. The lowest BCUT2D eigenvalue weighted by Crippen LogP contribution is -2.04. The van der Waals surface area contributed by atoms with Crippen molar-refractivity contribution in [3.05, 3.63) is 38.9 Å². The summed E-state index contributed by atoms with van der Waals surface area (Å²) in [6, 6.07) is 7.87. The summed E-state index contributed by atoms with van der Waals surface area (Å²) < 4.78 is 1.78. The molecule has 18 heavy (non-hydrogen) atoms. The average molecular weight is 371 g/mol. The topological polar surface area (TPSA) is 51.8 Å². The van der Waals surface area contributed by atoms with Crippen LogP contribution < -0.4 is 5.73 Å². The molecule has 0 saturated heterocycles. The molecule has 0 aliphatic heterocycles. The van der Waals surface area contributed by atoms with Crippen LogP contribution in [0.3, 0.4) is 0 Å². The van der Waals surface area contributed by atoms with Crippen LogP contribution in [0.5, 0.6) is 0 Å². The SMILES string of the molecule is CC(C)c1nc(-c2cccc(Br)c2)nc(N)c1Br. The van der Waals surface area contributed by atoms with Gasteiger partial charge in [-0.15, -0.1) is 0 Å². The van der Waals surface area contributed by atoms with Crippen LogP contribution in [-0.4, -0.2) is 9.97 Å². The Morgan fingerprint density at radius 2 is 1.89 bits per heavy atom. The lowest BCUT2D eigenvalue weighted by Gasteiger charge is -2.11. The highest BCUT2D eigenvalue weighted by Gasteiger charge is 2.14. The molecule has 0 bridgehead atoms. The van der Waals surface area contributed by atoms with Gasteiger partial charge in [-0.3, -0.25) is 0 Å². The fraction of sp³-hybridized carbons (Fsp3) is 0.231. The highest BCUT2D eigenvalue weighted by molar-refractivity contribution is 9.11. The first-order chi connectivity index (χ1) is 8.49. The van der Waals surface area contributed by atoms with Crippen molar-refractivity contribution in [2.24, 2.45) is 0 Å². The molecule has 1 aromatic heterocycles. The molecule has 94 valence electrons. The van der Waals surface area contributed by atoms with Gasteiger partial charge >= 0.3 is 0 Å². The van der Waals surface area contributed by atoms with E-state index in [2.05, 4.69) is 55.7 Å². The van der Waals surface area contributed by atoms with E-state index >= 15 is 0 Å². The number of halogens is 2. The number of nitrogens with two attached hydrogens (primary N) is 1. The van der Waals surface area contributed by atoms with E-state index < -0.39 is 0 Å².